The Kier molecular flexibility index (Phi) is 11.3. The highest BCUT2D eigenvalue weighted by Crippen LogP contribution is 2.40. The van der Waals surface area contributed by atoms with E-state index in [0.29, 0.717) is 31.2 Å². The Hall–Kier alpha value is -2.57. The molecular weight excluding hydrogens is 476 g/mol. The summed E-state index contributed by atoms with van der Waals surface area (Å²) < 4.78 is 5.21. The SMILES string of the molecule is CC(C)COC(=O)CNC(=O)[C@@H](Cc1ccccc1)CN1CC[C@@](C)(c2cccc(O)c2)[C@@H](C)C1.Cl. The van der Waals surface area contributed by atoms with Crippen molar-refractivity contribution in [2.75, 3.05) is 32.8 Å². The molecule has 0 aliphatic carbocycles. The predicted molar refractivity (Wildman–Crippen MR) is 145 cm³/mol. The number of amides is 1. The summed E-state index contributed by atoms with van der Waals surface area (Å²) in [5.41, 5.74) is 2.22. The standard InChI is InChI=1S/C29H40N2O4.ClH/c1-21(2)20-35-27(33)17-30-28(34)24(15-23-9-6-5-7-10-23)19-31-14-13-29(4,22(3)18-31)25-11-8-12-26(32)16-25;/h5-12,16,21-22,24,32H,13-15,17-20H2,1-4H3,(H,30,34);1H/t22-,24-,29+;/m0./s1. The van der Waals surface area contributed by atoms with Gasteiger partial charge in [0.1, 0.15) is 12.3 Å². The average Bonchev–Trinajstić information content (AvgIpc) is 2.83. The summed E-state index contributed by atoms with van der Waals surface area (Å²) in [7, 11) is 0. The summed E-state index contributed by atoms with van der Waals surface area (Å²) in [5.74, 6) is 0.109. The first-order valence-corrected chi connectivity index (χ1v) is 12.7. The van der Waals surface area contributed by atoms with Crippen LogP contribution in [0.4, 0.5) is 0 Å². The molecule has 198 valence electrons. The van der Waals surface area contributed by atoms with E-state index in [9.17, 15) is 14.7 Å². The van der Waals surface area contributed by atoms with Crippen molar-refractivity contribution in [3.8, 4) is 5.75 Å². The maximum absolute atomic E-state index is 13.2. The van der Waals surface area contributed by atoms with E-state index in [0.717, 1.165) is 30.6 Å². The van der Waals surface area contributed by atoms with Gasteiger partial charge in [0.25, 0.3) is 0 Å². The van der Waals surface area contributed by atoms with Crippen molar-refractivity contribution in [3.05, 3.63) is 65.7 Å². The van der Waals surface area contributed by atoms with E-state index >= 15 is 0 Å². The number of benzene rings is 2. The lowest BCUT2D eigenvalue weighted by molar-refractivity contribution is -0.145. The molecular formula is C29H41ClN2O4. The first kappa shape index (κ1) is 29.7. The van der Waals surface area contributed by atoms with Crippen LogP contribution in [0.3, 0.4) is 0 Å². The molecule has 1 saturated heterocycles. The van der Waals surface area contributed by atoms with Gasteiger partial charge in [-0.1, -0.05) is 70.2 Å². The summed E-state index contributed by atoms with van der Waals surface area (Å²) in [5, 5.41) is 12.8. The molecule has 3 atom stereocenters. The lowest BCUT2D eigenvalue weighted by Gasteiger charge is -2.45. The zero-order chi connectivity index (χ0) is 25.4. The number of nitrogens with zero attached hydrogens (tertiary/aromatic N) is 1. The highest BCUT2D eigenvalue weighted by atomic mass is 35.5. The molecule has 0 radical (unpaired) electrons. The molecule has 0 unspecified atom stereocenters. The fourth-order valence-corrected chi connectivity index (χ4v) is 4.84. The number of phenols is 1. The van der Waals surface area contributed by atoms with Crippen LogP contribution in [-0.2, 0) is 26.2 Å². The Morgan fingerprint density at radius 3 is 2.53 bits per heavy atom. The van der Waals surface area contributed by atoms with Crippen LogP contribution in [0.15, 0.2) is 54.6 Å². The van der Waals surface area contributed by atoms with Crippen LogP contribution in [0.1, 0.15) is 45.2 Å². The molecule has 1 amide bonds. The normalized spacial score (nSPS) is 20.9. The van der Waals surface area contributed by atoms with E-state index in [1.54, 1.807) is 6.07 Å². The molecule has 1 aliphatic rings. The zero-order valence-electron chi connectivity index (χ0n) is 21.9. The van der Waals surface area contributed by atoms with Crippen LogP contribution < -0.4 is 5.32 Å². The van der Waals surface area contributed by atoms with Crippen molar-refractivity contribution >= 4 is 24.3 Å². The number of nitrogens with one attached hydrogen (secondary N) is 1. The highest BCUT2D eigenvalue weighted by Gasteiger charge is 2.39. The molecule has 1 aliphatic heterocycles. The number of hydrogen-bond acceptors (Lipinski definition) is 5. The van der Waals surface area contributed by atoms with Crippen molar-refractivity contribution in [2.24, 2.45) is 17.8 Å². The third kappa shape index (κ3) is 8.24. The Bertz CT molecular complexity index is 984. The lowest BCUT2D eigenvalue weighted by Crippen LogP contribution is -2.50. The second kappa shape index (κ2) is 13.7. The molecule has 2 aromatic rings. The summed E-state index contributed by atoms with van der Waals surface area (Å²) in [6.45, 7) is 11.1. The summed E-state index contributed by atoms with van der Waals surface area (Å²) >= 11 is 0. The summed E-state index contributed by atoms with van der Waals surface area (Å²) in [4.78, 5) is 27.5. The number of aromatic hydroxyl groups is 1. The van der Waals surface area contributed by atoms with E-state index in [2.05, 4.69) is 30.1 Å². The minimum atomic E-state index is -0.404. The van der Waals surface area contributed by atoms with Gasteiger partial charge in [-0.05, 0) is 59.9 Å². The number of piperidine rings is 1. The van der Waals surface area contributed by atoms with E-state index < -0.39 is 5.97 Å². The molecule has 1 heterocycles. The number of rotatable bonds is 10. The van der Waals surface area contributed by atoms with Gasteiger partial charge < -0.3 is 20.1 Å². The molecule has 1 fully saturated rings. The fourth-order valence-electron chi connectivity index (χ4n) is 4.84. The van der Waals surface area contributed by atoms with Crippen LogP contribution in [0, 0.1) is 17.8 Å². The van der Waals surface area contributed by atoms with Crippen molar-refractivity contribution in [1.82, 2.24) is 10.2 Å². The molecule has 0 spiro atoms. The van der Waals surface area contributed by atoms with Gasteiger partial charge in [-0.15, -0.1) is 12.4 Å². The Labute approximate surface area is 221 Å². The summed E-state index contributed by atoms with van der Waals surface area (Å²) in [6, 6.07) is 17.6. The monoisotopic (exact) mass is 516 g/mol. The first-order valence-electron chi connectivity index (χ1n) is 12.7. The molecule has 2 aromatic carbocycles. The van der Waals surface area contributed by atoms with Crippen molar-refractivity contribution in [1.29, 1.82) is 0 Å². The van der Waals surface area contributed by atoms with E-state index in [1.165, 1.54) is 0 Å². The van der Waals surface area contributed by atoms with Gasteiger partial charge in [0.05, 0.1) is 12.5 Å². The second-order valence-electron chi connectivity index (χ2n) is 10.6. The lowest BCUT2D eigenvalue weighted by atomic mass is 9.68. The zero-order valence-corrected chi connectivity index (χ0v) is 22.7. The Balaban J connectivity index is 0.00000456. The number of phenolic OH excluding ortho intramolecular Hbond substituents is 1. The van der Waals surface area contributed by atoms with Crippen LogP contribution in [-0.4, -0.2) is 54.7 Å². The number of carbonyl (C=O) groups is 2. The van der Waals surface area contributed by atoms with Crippen molar-refractivity contribution < 1.29 is 19.4 Å². The van der Waals surface area contributed by atoms with Gasteiger partial charge in [0, 0.05) is 13.1 Å². The van der Waals surface area contributed by atoms with E-state index in [-0.39, 0.29) is 42.1 Å². The van der Waals surface area contributed by atoms with E-state index in [1.807, 2.05) is 56.3 Å². The number of likely N-dealkylation sites (tertiary alicyclic amines) is 1. The maximum Gasteiger partial charge on any atom is 0.325 e. The van der Waals surface area contributed by atoms with Crippen LogP contribution in [0.2, 0.25) is 0 Å². The van der Waals surface area contributed by atoms with Gasteiger partial charge in [-0.25, -0.2) is 0 Å². The molecule has 0 saturated carbocycles. The van der Waals surface area contributed by atoms with Crippen LogP contribution >= 0.6 is 12.4 Å². The number of hydrogen-bond donors (Lipinski definition) is 2. The van der Waals surface area contributed by atoms with Gasteiger partial charge in [-0.3, -0.25) is 9.59 Å². The molecule has 6 nitrogen and oxygen atoms in total. The van der Waals surface area contributed by atoms with Gasteiger partial charge in [-0.2, -0.15) is 0 Å². The molecule has 36 heavy (non-hydrogen) atoms. The quantitative estimate of drug-likeness (QED) is 0.452. The van der Waals surface area contributed by atoms with Gasteiger partial charge in [0.2, 0.25) is 5.91 Å². The predicted octanol–water partition coefficient (Wildman–Crippen LogP) is 4.59. The number of carbonyl (C=O) groups excluding carboxylic acids is 2. The molecule has 0 bridgehead atoms. The minimum absolute atomic E-state index is 0. The summed E-state index contributed by atoms with van der Waals surface area (Å²) in [6.07, 6.45) is 1.56. The molecule has 3 rings (SSSR count). The largest absolute Gasteiger partial charge is 0.508 e. The topological polar surface area (TPSA) is 78.9 Å². The fraction of sp³-hybridized carbons (Fsp3) is 0.517. The maximum atomic E-state index is 13.2. The second-order valence-corrected chi connectivity index (χ2v) is 10.6. The smallest absolute Gasteiger partial charge is 0.325 e. The number of ether oxygens (including phenoxy) is 1. The molecule has 2 N–H and O–H groups in total. The van der Waals surface area contributed by atoms with Crippen LogP contribution in [0.5, 0.6) is 5.75 Å². The third-order valence-corrected chi connectivity index (χ3v) is 7.23. The van der Waals surface area contributed by atoms with Crippen LogP contribution in [0.25, 0.3) is 0 Å². The number of esters is 1. The molecule has 7 heteroatoms. The first-order chi connectivity index (χ1) is 16.7. The van der Waals surface area contributed by atoms with Gasteiger partial charge in [0.15, 0.2) is 0 Å². The highest BCUT2D eigenvalue weighted by molar-refractivity contribution is 5.85. The minimum Gasteiger partial charge on any atom is -0.508 e. The Morgan fingerprint density at radius 2 is 1.89 bits per heavy atom. The average molecular weight is 517 g/mol. The van der Waals surface area contributed by atoms with Gasteiger partial charge >= 0.3 is 5.97 Å². The third-order valence-electron chi connectivity index (χ3n) is 7.23. The number of halogens is 1. The van der Waals surface area contributed by atoms with E-state index in [4.69, 9.17) is 4.74 Å². The Morgan fingerprint density at radius 1 is 1.17 bits per heavy atom. The van der Waals surface area contributed by atoms with Crippen molar-refractivity contribution in [3.63, 3.8) is 0 Å². The van der Waals surface area contributed by atoms with Crippen molar-refractivity contribution in [2.45, 2.75) is 46.0 Å². The molecule has 0 aromatic heterocycles.